The van der Waals surface area contributed by atoms with Gasteiger partial charge in [0.1, 0.15) is 35.0 Å². The van der Waals surface area contributed by atoms with E-state index in [1.165, 1.54) is 5.56 Å². The van der Waals surface area contributed by atoms with Crippen molar-refractivity contribution in [3.05, 3.63) is 75.8 Å². The number of nitrogens with zero attached hydrogens (tertiary/aromatic N) is 2. The molecule has 0 aliphatic rings. The first-order chi connectivity index (χ1) is 17.8. The smallest absolute Gasteiger partial charge is 0.221 e. The summed E-state index contributed by atoms with van der Waals surface area (Å²) >= 11 is 3.78. The highest BCUT2D eigenvalue weighted by molar-refractivity contribution is 9.10. The van der Waals surface area contributed by atoms with Crippen LogP contribution in [0.4, 0.5) is 0 Å². The van der Waals surface area contributed by atoms with Crippen LogP contribution in [0.2, 0.25) is 0 Å². The molecule has 8 heteroatoms. The standard InChI is InChI=1S/C29H32BrN3O4/c1-18(2)19-9-11-20(12-10-19)29-32-27-26(30)22(15-24(36-4)28(27)33(29)13-14-35-3)17-37-23-8-6-5-7-21(23)16-25(31)34/h5-12,15,18H,13-14,16-17H2,1-4H3,(H2,31,34). The predicted octanol–water partition coefficient (Wildman–Crippen LogP) is 5.85. The van der Waals surface area contributed by atoms with Crippen molar-refractivity contribution < 1.29 is 19.0 Å². The van der Waals surface area contributed by atoms with E-state index in [4.69, 9.17) is 24.9 Å². The number of hydrogen-bond donors (Lipinski definition) is 1. The van der Waals surface area contributed by atoms with Gasteiger partial charge >= 0.3 is 0 Å². The minimum absolute atomic E-state index is 0.114. The highest BCUT2D eigenvalue weighted by Crippen LogP contribution is 2.38. The molecule has 4 rings (SSSR count). The Bertz CT molecular complexity index is 1400. The number of carbonyl (C=O) groups excluding carboxylic acids is 1. The fraction of sp³-hybridized carbons (Fsp3) is 0.310. The Kier molecular flexibility index (Phi) is 8.51. The van der Waals surface area contributed by atoms with E-state index in [0.717, 1.165) is 38.0 Å². The molecule has 0 spiro atoms. The summed E-state index contributed by atoms with van der Waals surface area (Å²) < 4.78 is 20.3. The van der Waals surface area contributed by atoms with E-state index in [1.807, 2.05) is 30.3 Å². The maximum atomic E-state index is 11.5. The van der Waals surface area contributed by atoms with Gasteiger partial charge in [-0.1, -0.05) is 56.3 Å². The molecule has 0 aliphatic carbocycles. The van der Waals surface area contributed by atoms with Crippen molar-refractivity contribution in [1.29, 1.82) is 0 Å². The molecule has 4 aromatic rings. The SMILES string of the molecule is COCCn1c(-c2ccc(C(C)C)cc2)nc2c(Br)c(COc3ccccc3CC(N)=O)cc(OC)c21. The van der Waals surface area contributed by atoms with Crippen LogP contribution in [0.1, 0.15) is 36.5 Å². The number of nitrogens with two attached hydrogens (primary N) is 1. The summed E-state index contributed by atoms with van der Waals surface area (Å²) in [6, 6.07) is 17.9. The zero-order chi connectivity index (χ0) is 26.5. The van der Waals surface area contributed by atoms with Crippen LogP contribution in [-0.4, -0.2) is 36.3 Å². The minimum Gasteiger partial charge on any atom is -0.494 e. The highest BCUT2D eigenvalue weighted by atomic mass is 79.9. The van der Waals surface area contributed by atoms with E-state index in [1.54, 1.807) is 14.2 Å². The van der Waals surface area contributed by atoms with Crippen LogP contribution in [-0.2, 0) is 29.1 Å². The molecule has 0 radical (unpaired) electrons. The van der Waals surface area contributed by atoms with E-state index in [9.17, 15) is 4.79 Å². The Morgan fingerprint density at radius 2 is 1.78 bits per heavy atom. The van der Waals surface area contributed by atoms with Crippen molar-refractivity contribution in [2.24, 2.45) is 5.73 Å². The third-order valence-electron chi connectivity index (χ3n) is 6.29. The highest BCUT2D eigenvalue weighted by Gasteiger charge is 2.22. The molecule has 0 atom stereocenters. The van der Waals surface area contributed by atoms with Gasteiger partial charge in [-0.05, 0) is 39.5 Å². The van der Waals surface area contributed by atoms with Gasteiger partial charge < -0.3 is 24.5 Å². The number of rotatable bonds is 11. The summed E-state index contributed by atoms with van der Waals surface area (Å²) in [5, 5.41) is 0. The van der Waals surface area contributed by atoms with Crippen molar-refractivity contribution in [3.63, 3.8) is 0 Å². The van der Waals surface area contributed by atoms with Gasteiger partial charge in [-0.25, -0.2) is 4.98 Å². The summed E-state index contributed by atoms with van der Waals surface area (Å²) in [5.41, 5.74) is 11.0. The molecular weight excluding hydrogens is 534 g/mol. The maximum Gasteiger partial charge on any atom is 0.221 e. The molecule has 1 heterocycles. The molecule has 0 aliphatic heterocycles. The van der Waals surface area contributed by atoms with E-state index >= 15 is 0 Å². The molecule has 7 nitrogen and oxygen atoms in total. The van der Waals surface area contributed by atoms with Gasteiger partial charge in [0, 0.05) is 30.3 Å². The summed E-state index contributed by atoms with van der Waals surface area (Å²) in [6.07, 6.45) is 0.114. The Morgan fingerprint density at radius 3 is 2.43 bits per heavy atom. The molecular formula is C29H32BrN3O4. The average Bonchev–Trinajstić information content (AvgIpc) is 3.27. The van der Waals surface area contributed by atoms with Crippen LogP contribution in [0.15, 0.2) is 59.1 Å². The lowest BCUT2D eigenvalue weighted by Gasteiger charge is -2.15. The van der Waals surface area contributed by atoms with Crippen molar-refractivity contribution in [3.8, 4) is 22.9 Å². The van der Waals surface area contributed by atoms with Crippen LogP contribution >= 0.6 is 15.9 Å². The molecule has 3 aromatic carbocycles. The van der Waals surface area contributed by atoms with Crippen LogP contribution in [0, 0.1) is 0 Å². The van der Waals surface area contributed by atoms with Crippen molar-refractivity contribution in [1.82, 2.24) is 9.55 Å². The van der Waals surface area contributed by atoms with E-state index in [0.29, 0.717) is 30.6 Å². The number of methoxy groups -OCH3 is 2. The number of ether oxygens (including phenoxy) is 3. The van der Waals surface area contributed by atoms with E-state index in [-0.39, 0.29) is 13.0 Å². The topological polar surface area (TPSA) is 88.6 Å². The van der Waals surface area contributed by atoms with Crippen molar-refractivity contribution in [2.75, 3.05) is 20.8 Å². The minimum atomic E-state index is -0.407. The van der Waals surface area contributed by atoms with Gasteiger partial charge in [0.05, 0.1) is 24.6 Å². The van der Waals surface area contributed by atoms with Gasteiger partial charge in [-0.15, -0.1) is 0 Å². The first kappa shape index (κ1) is 26.7. The second-order valence-corrected chi connectivity index (χ2v) is 9.94. The summed E-state index contributed by atoms with van der Waals surface area (Å²) in [7, 11) is 3.34. The van der Waals surface area contributed by atoms with Crippen LogP contribution in [0.25, 0.3) is 22.4 Å². The summed E-state index contributed by atoms with van der Waals surface area (Å²) in [6.45, 7) is 5.77. The predicted molar refractivity (Wildman–Crippen MR) is 149 cm³/mol. The molecule has 0 bridgehead atoms. The molecule has 0 saturated heterocycles. The fourth-order valence-electron chi connectivity index (χ4n) is 4.33. The molecule has 1 amide bonds. The number of benzene rings is 3. The summed E-state index contributed by atoms with van der Waals surface area (Å²) in [4.78, 5) is 16.5. The molecule has 194 valence electrons. The van der Waals surface area contributed by atoms with Gasteiger partial charge in [-0.3, -0.25) is 4.79 Å². The number of imidazole rings is 1. The molecule has 0 fully saturated rings. The first-order valence-electron chi connectivity index (χ1n) is 12.2. The zero-order valence-electron chi connectivity index (χ0n) is 21.6. The Hall–Kier alpha value is -3.36. The van der Waals surface area contributed by atoms with Crippen molar-refractivity contribution in [2.45, 2.75) is 39.3 Å². The second-order valence-electron chi connectivity index (χ2n) is 9.15. The monoisotopic (exact) mass is 565 g/mol. The lowest BCUT2D eigenvalue weighted by atomic mass is 10.0. The van der Waals surface area contributed by atoms with Crippen molar-refractivity contribution >= 4 is 32.9 Å². The van der Waals surface area contributed by atoms with Crippen LogP contribution in [0.3, 0.4) is 0 Å². The van der Waals surface area contributed by atoms with Gasteiger partial charge in [0.2, 0.25) is 5.91 Å². The van der Waals surface area contributed by atoms with Gasteiger partial charge in [0.25, 0.3) is 0 Å². The van der Waals surface area contributed by atoms with E-state index in [2.05, 4.69) is 58.6 Å². The molecule has 1 aromatic heterocycles. The number of carbonyl (C=O) groups is 1. The Balaban J connectivity index is 1.77. The van der Waals surface area contributed by atoms with Crippen LogP contribution in [0.5, 0.6) is 11.5 Å². The number of hydrogen-bond acceptors (Lipinski definition) is 5. The van der Waals surface area contributed by atoms with Crippen LogP contribution < -0.4 is 15.2 Å². The maximum absolute atomic E-state index is 11.5. The van der Waals surface area contributed by atoms with Gasteiger partial charge in [-0.2, -0.15) is 0 Å². The van der Waals surface area contributed by atoms with Gasteiger partial charge in [0.15, 0.2) is 0 Å². The normalized spacial score (nSPS) is 11.3. The number of aromatic nitrogens is 2. The summed E-state index contributed by atoms with van der Waals surface area (Å²) in [5.74, 6) is 2.19. The lowest BCUT2D eigenvalue weighted by Crippen LogP contribution is -2.14. The molecule has 37 heavy (non-hydrogen) atoms. The quantitative estimate of drug-likeness (QED) is 0.246. The zero-order valence-corrected chi connectivity index (χ0v) is 23.2. The third kappa shape index (κ3) is 5.81. The number of amides is 1. The number of para-hydroxylation sites is 1. The first-order valence-corrected chi connectivity index (χ1v) is 13.0. The Labute approximate surface area is 225 Å². The fourth-order valence-corrected chi connectivity index (χ4v) is 4.84. The lowest BCUT2D eigenvalue weighted by molar-refractivity contribution is -0.117. The number of fused-ring (bicyclic) bond motifs is 1. The number of primary amides is 1. The molecule has 0 saturated carbocycles. The molecule has 0 unspecified atom stereocenters. The largest absolute Gasteiger partial charge is 0.494 e. The van der Waals surface area contributed by atoms with E-state index < -0.39 is 5.91 Å². The Morgan fingerprint density at radius 1 is 1.05 bits per heavy atom. The third-order valence-corrected chi connectivity index (χ3v) is 7.18. The second kappa shape index (κ2) is 11.8. The average molecular weight is 566 g/mol. The molecule has 2 N–H and O–H groups in total. The number of halogens is 1.